The molecule has 14 heteroatoms. The van der Waals surface area contributed by atoms with Gasteiger partial charge in [0.05, 0.1) is 5.56 Å². The lowest BCUT2D eigenvalue weighted by Crippen LogP contribution is -2.44. The molecule has 0 spiro atoms. The van der Waals surface area contributed by atoms with Gasteiger partial charge in [0.25, 0.3) is 0 Å². The zero-order valence-corrected chi connectivity index (χ0v) is 18.5. The van der Waals surface area contributed by atoms with Crippen molar-refractivity contribution in [3.8, 4) is 0 Å². The van der Waals surface area contributed by atoms with E-state index in [1.54, 1.807) is 0 Å². The molecule has 1 heterocycles. The molecule has 31 heavy (non-hydrogen) atoms. The second-order valence-electron chi connectivity index (χ2n) is 7.21. The minimum Gasteiger partial charge on any atom is -0.374 e. The highest BCUT2D eigenvalue weighted by Gasteiger charge is 2.45. The van der Waals surface area contributed by atoms with Gasteiger partial charge in [-0.15, -0.1) is 0 Å². The van der Waals surface area contributed by atoms with Crippen LogP contribution in [0.3, 0.4) is 0 Å². The molecule has 1 aliphatic heterocycles. The first kappa shape index (κ1) is 26.3. The maximum absolute atomic E-state index is 12.9. The minimum absolute atomic E-state index is 0.0658. The number of nitrogens with one attached hydrogen (secondary N) is 2. The summed E-state index contributed by atoms with van der Waals surface area (Å²) >= 11 is 3.00. The fourth-order valence-electron chi connectivity index (χ4n) is 3.16. The van der Waals surface area contributed by atoms with E-state index < -0.39 is 33.5 Å². The van der Waals surface area contributed by atoms with Crippen molar-refractivity contribution in [1.29, 1.82) is 0 Å². The quantitative estimate of drug-likeness (QED) is 0.348. The standard InChI is InChI=1S/C17H22BrF6N3O3S/c18-14-8-12(7-13(9-14)16(19,20)21)15(28)25-10-11-1-4-27(5-2-11)6-3-26-31(29,30)17(22,23)24/h7-9,11,15,25-26,28H,1-6,10H2. The molecule has 178 valence electrons. The molecule has 0 aromatic heterocycles. The van der Waals surface area contributed by atoms with Crippen LogP contribution in [0.1, 0.15) is 30.2 Å². The van der Waals surface area contributed by atoms with E-state index in [4.69, 9.17) is 0 Å². The Morgan fingerprint density at radius 2 is 1.74 bits per heavy atom. The zero-order chi connectivity index (χ0) is 23.4. The minimum atomic E-state index is -5.36. The number of hydrogen-bond donors (Lipinski definition) is 3. The van der Waals surface area contributed by atoms with Crippen molar-refractivity contribution < 1.29 is 39.9 Å². The lowest BCUT2D eigenvalue weighted by molar-refractivity contribution is -0.137. The number of nitrogens with zero attached hydrogens (tertiary/aromatic N) is 1. The van der Waals surface area contributed by atoms with Gasteiger partial charge in [0.15, 0.2) is 0 Å². The van der Waals surface area contributed by atoms with Crippen LogP contribution in [-0.4, -0.2) is 56.7 Å². The van der Waals surface area contributed by atoms with E-state index >= 15 is 0 Å². The smallest absolute Gasteiger partial charge is 0.374 e. The molecule has 6 nitrogen and oxygen atoms in total. The molecule has 1 unspecified atom stereocenters. The van der Waals surface area contributed by atoms with Gasteiger partial charge in [0.1, 0.15) is 6.23 Å². The molecular weight excluding hydrogens is 520 g/mol. The fraction of sp³-hybridized carbons (Fsp3) is 0.647. The maximum Gasteiger partial charge on any atom is 0.511 e. The normalized spacial score (nSPS) is 18.3. The molecule has 0 saturated carbocycles. The number of alkyl halides is 6. The molecule has 2 rings (SSSR count). The lowest BCUT2D eigenvalue weighted by Gasteiger charge is -2.32. The lowest BCUT2D eigenvalue weighted by atomic mass is 9.96. The van der Waals surface area contributed by atoms with Gasteiger partial charge in [-0.1, -0.05) is 15.9 Å². The van der Waals surface area contributed by atoms with Gasteiger partial charge < -0.3 is 10.0 Å². The molecule has 0 radical (unpaired) electrons. The fourth-order valence-corrected chi connectivity index (χ4v) is 4.20. The monoisotopic (exact) mass is 541 g/mol. The number of aliphatic hydroxyl groups excluding tert-OH is 1. The number of aliphatic hydroxyl groups is 1. The summed E-state index contributed by atoms with van der Waals surface area (Å²) in [6, 6.07) is 3.17. The SMILES string of the molecule is O=S(=O)(NCCN1CCC(CNC(O)c2cc(Br)cc(C(F)(F)F)c2)CC1)C(F)(F)F. The first-order chi connectivity index (χ1) is 14.2. The number of halogens is 7. The Hall–Kier alpha value is -0.930. The van der Waals surface area contributed by atoms with Crippen LogP contribution in [0.2, 0.25) is 0 Å². The topological polar surface area (TPSA) is 81.7 Å². The molecule has 3 N–H and O–H groups in total. The van der Waals surface area contributed by atoms with Crippen LogP contribution in [0.25, 0.3) is 0 Å². The van der Waals surface area contributed by atoms with Crippen molar-refractivity contribution >= 4 is 26.0 Å². The highest BCUT2D eigenvalue weighted by atomic mass is 79.9. The molecule has 1 aromatic rings. The molecule has 1 saturated heterocycles. The molecule has 0 amide bonds. The van der Waals surface area contributed by atoms with Crippen molar-refractivity contribution in [3.63, 3.8) is 0 Å². The van der Waals surface area contributed by atoms with E-state index in [0.717, 1.165) is 12.1 Å². The summed E-state index contributed by atoms with van der Waals surface area (Å²) < 4.78 is 99.2. The molecule has 1 aliphatic rings. The summed E-state index contributed by atoms with van der Waals surface area (Å²) in [6.07, 6.45) is -4.57. The predicted molar refractivity (Wildman–Crippen MR) is 104 cm³/mol. The van der Waals surface area contributed by atoms with E-state index in [0.29, 0.717) is 32.5 Å². The summed E-state index contributed by atoms with van der Waals surface area (Å²) in [6.45, 7) is 1.13. The summed E-state index contributed by atoms with van der Waals surface area (Å²) in [7, 11) is -5.36. The molecule has 1 fully saturated rings. The Labute approximate surface area is 184 Å². The summed E-state index contributed by atoms with van der Waals surface area (Å²) in [4.78, 5) is 1.82. The van der Waals surface area contributed by atoms with Gasteiger partial charge in [-0.3, -0.25) is 5.32 Å². The number of piperidine rings is 1. The van der Waals surface area contributed by atoms with Crippen LogP contribution in [-0.2, 0) is 16.2 Å². The van der Waals surface area contributed by atoms with E-state index in [-0.39, 0.29) is 29.0 Å². The number of rotatable bonds is 8. The Kier molecular flexibility index (Phi) is 8.78. The van der Waals surface area contributed by atoms with Crippen LogP contribution in [0.4, 0.5) is 26.3 Å². The highest BCUT2D eigenvalue weighted by Crippen LogP contribution is 2.33. The Morgan fingerprint density at radius 1 is 1.13 bits per heavy atom. The third-order valence-electron chi connectivity index (χ3n) is 4.90. The molecule has 1 atom stereocenters. The second-order valence-corrected chi connectivity index (χ2v) is 9.88. The highest BCUT2D eigenvalue weighted by molar-refractivity contribution is 9.10. The van der Waals surface area contributed by atoms with Crippen molar-refractivity contribution in [3.05, 3.63) is 33.8 Å². The van der Waals surface area contributed by atoms with Gasteiger partial charge in [-0.25, -0.2) is 13.1 Å². The second kappa shape index (κ2) is 10.3. The van der Waals surface area contributed by atoms with Crippen molar-refractivity contribution in [1.82, 2.24) is 14.9 Å². The van der Waals surface area contributed by atoms with Crippen LogP contribution in [0.15, 0.2) is 22.7 Å². The third kappa shape index (κ3) is 7.86. The molecular formula is C17H22BrF6N3O3S. The Balaban J connectivity index is 1.77. The Bertz CT molecular complexity index is 842. The largest absolute Gasteiger partial charge is 0.511 e. The number of benzene rings is 1. The summed E-state index contributed by atoms with van der Waals surface area (Å²) in [5.41, 5.74) is -6.16. The zero-order valence-electron chi connectivity index (χ0n) is 16.1. The predicted octanol–water partition coefficient (Wildman–Crippen LogP) is 3.20. The van der Waals surface area contributed by atoms with E-state index in [2.05, 4.69) is 21.2 Å². The van der Waals surface area contributed by atoms with Crippen molar-refractivity contribution in [2.24, 2.45) is 5.92 Å². The van der Waals surface area contributed by atoms with Crippen molar-refractivity contribution in [2.75, 3.05) is 32.7 Å². The number of sulfonamides is 1. The average molecular weight is 542 g/mol. The van der Waals surface area contributed by atoms with Gasteiger partial charge in [-0.2, -0.15) is 26.3 Å². The number of hydrogen-bond acceptors (Lipinski definition) is 5. The van der Waals surface area contributed by atoms with Gasteiger partial charge in [0.2, 0.25) is 0 Å². The van der Waals surface area contributed by atoms with Crippen LogP contribution >= 0.6 is 15.9 Å². The van der Waals surface area contributed by atoms with Crippen LogP contribution in [0, 0.1) is 5.92 Å². The Morgan fingerprint density at radius 3 is 2.29 bits per heavy atom. The summed E-state index contributed by atoms with van der Waals surface area (Å²) in [5, 5.41) is 13.0. The van der Waals surface area contributed by atoms with Crippen LogP contribution in [0.5, 0.6) is 0 Å². The number of likely N-dealkylation sites (tertiary alicyclic amines) is 1. The van der Waals surface area contributed by atoms with E-state index in [9.17, 15) is 39.9 Å². The van der Waals surface area contributed by atoms with E-state index in [1.165, 1.54) is 10.8 Å². The van der Waals surface area contributed by atoms with Crippen LogP contribution < -0.4 is 10.0 Å². The first-order valence-electron chi connectivity index (χ1n) is 9.26. The third-order valence-corrected chi connectivity index (χ3v) is 6.55. The summed E-state index contributed by atoms with van der Waals surface area (Å²) in [5.74, 6) is 0.104. The van der Waals surface area contributed by atoms with Gasteiger partial charge in [0, 0.05) is 24.1 Å². The van der Waals surface area contributed by atoms with Gasteiger partial charge in [-0.05, 0) is 55.6 Å². The molecule has 1 aromatic carbocycles. The molecule has 0 aliphatic carbocycles. The average Bonchev–Trinajstić information content (AvgIpc) is 2.65. The van der Waals surface area contributed by atoms with Gasteiger partial charge >= 0.3 is 21.7 Å². The van der Waals surface area contributed by atoms with Crippen molar-refractivity contribution in [2.45, 2.75) is 30.8 Å². The first-order valence-corrected chi connectivity index (χ1v) is 11.5. The molecule has 0 bridgehead atoms. The maximum atomic E-state index is 12.9. The van der Waals surface area contributed by atoms with E-state index in [1.807, 2.05) is 4.90 Å².